The zero-order valence-corrected chi connectivity index (χ0v) is 16.7. The normalized spacial score (nSPS) is 12.4. The Bertz CT molecular complexity index is 980. The van der Waals surface area contributed by atoms with Crippen LogP contribution in [0.25, 0.3) is 23.3 Å². The SMILES string of the molecule is COC(=O)C=Cc1ccc(-c2ccc(C=CC(=O)OC)cc2C(F)(F)F)c(C(F)(F)F)c1. The summed E-state index contributed by atoms with van der Waals surface area (Å²) in [6.45, 7) is 0. The number of hydrogen-bond donors (Lipinski definition) is 0. The highest BCUT2D eigenvalue weighted by molar-refractivity contribution is 5.88. The molecule has 0 fully saturated rings. The zero-order chi connectivity index (χ0) is 24.1. The third-order valence-electron chi connectivity index (χ3n) is 4.21. The maximum atomic E-state index is 13.7. The summed E-state index contributed by atoms with van der Waals surface area (Å²) in [5.74, 6) is -1.62. The Labute approximate surface area is 178 Å². The summed E-state index contributed by atoms with van der Waals surface area (Å²) in [5, 5.41) is 0. The Balaban J connectivity index is 2.67. The number of carbonyl (C=O) groups excluding carboxylic acids is 2. The van der Waals surface area contributed by atoms with Crippen LogP contribution in [0.4, 0.5) is 26.3 Å². The van der Waals surface area contributed by atoms with E-state index in [1.165, 1.54) is 0 Å². The van der Waals surface area contributed by atoms with Crippen molar-refractivity contribution in [3.63, 3.8) is 0 Å². The van der Waals surface area contributed by atoms with Crippen LogP contribution >= 0.6 is 0 Å². The molecule has 0 heterocycles. The molecule has 0 spiro atoms. The van der Waals surface area contributed by atoms with Gasteiger partial charge in [0.25, 0.3) is 0 Å². The summed E-state index contributed by atoms with van der Waals surface area (Å²) in [6, 6.07) is 5.37. The van der Waals surface area contributed by atoms with Crippen LogP contribution in [0.2, 0.25) is 0 Å². The molecule has 32 heavy (non-hydrogen) atoms. The van der Waals surface area contributed by atoms with E-state index in [0.717, 1.165) is 62.8 Å². The van der Waals surface area contributed by atoms with Gasteiger partial charge in [-0.1, -0.05) is 24.3 Å². The van der Waals surface area contributed by atoms with Gasteiger partial charge in [-0.3, -0.25) is 0 Å². The van der Waals surface area contributed by atoms with Crippen molar-refractivity contribution in [2.45, 2.75) is 12.4 Å². The van der Waals surface area contributed by atoms with E-state index in [-0.39, 0.29) is 11.1 Å². The number of alkyl halides is 6. The molecule has 170 valence electrons. The van der Waals surface area contributed by atoms with Crippen molar-refractivity contribution in [3.05, 3.63) is 70.8 Å². The first-order valence-corrected chi connectivity index (χ1v) is 8.81. The van der Waals surface area contributed by atoms with Gasteiger partial charge < -0.3 is 9.47 Å². The summed E-state index contributed by atoms with van der Waals surface area (Å²) < 4.78 is 90.8. The first-order valence-electron chi connectivity index (χ1n) is 8.81. The maximum Gasteiger partial charge on any atom is 0.417 e. The van der Waals surface area contributed by atoms with Gasteiger partial charge in [0.05, 0.1) is 25.3 Å². The number of rotatable bonds is 5. The molecule has 2 rings (SSSR count). The van der Waals surface area contributed by atoms with Crippen LogP contribution in [0.3, 0.4) is 0 Å². The zero-order valence-electron chi connectivity index (χ0n) is 16.7. The molecule has 2 aromatic carbocycles. The van der Waals surface area contributed by atoms with E-state index in [2.05, 4.69) is 9.47 Å². The third kappa shape index (κ3) is 6.22. The lowest BCUT2D eigenvalue weighted by Crippen LogP contribution is -2.12. The van der Waals surface area contributed by atoms with Crippen LogP contribution in [0.1, 0.15) is 22.3 Å². The fourth-order valence-corrected chi connectivity index (χ4v) is 2.73. The van der Waals surface area contributed by atoms with Crippen molar-refractivity contribution in [2.24, 2.45) is 0 Å². The summed E-state index contributed by atoms with van der Waals surface area (Å²) in [7, 11) is 2.17. The maximum absolute atomic E-state index is 13.7. The Kier molecular flexibility index (Phi) is 7.50. The topological polar surface area (TPSA) is 52.6 Å². The van der Waals surface area contributed by atoms with Gasteiger partial charge in [-0.25, -0.2) is 9.59 Å². The van der Waals surface area contributed by atoms with Crippen molar-refractivity contribution in [1.29, 1.82) is 0 Å². The lowest BCUT2D eigenvalue weighted by atomic mass is 9.92. The molecule has 0 bridgehead atoms. The Morgan fingerprint density at radius 3 is 1.31 bits per heavy atom. The summed E-state index contributed by atoms with van der Waals surface area (Å²) in [4.78, 5) is 22.3. The van der Waals surface area contributed by atoms with Gasteiger partial charge in [0.1, 0.15) is 0 Å². The van der Waals surface area contributed by atoms with Gasteiger partial charge in [0.2, 0.25) is 0 Å². The highest BCUT2D eigenvalue weighted by Gasteiger charge is 2.38. The van der Waals surface area contributed by atoms with Gasteiger partial charge in [-0.05, 0) is 46.5 Å². The van der Waals surface area contributed by atoms with E-state index >= 15 is 0 Å². The lowest BCUT2D eigenvalue weighted by molar-refractivity contribution is -0.139. The molecule has 0 aliphatic rings. The van der Waals surface area contributed by atoms with Crippen molar-refractivity contribution in [2.75, 3.05) is 14.2 Å². The molecule has 4 nitrogen and oxygen atoms in total. The van der Waals surface area contributed by atoms with Gasteiger partial charge in [-0.2, -0.15) is 26.3 Å². The molecular formula is C22H16F6O4. The highest BCUT2D eigenvalue weighted by atomic mass is 19.4. The molecule has 2 aromatic rings. The van der Waals surface area contributed by atoms with E-state index in [4.69, 9.17) is 0 Å². The van der Waals surface area contributed by atoms with Crippen molar-refractivity contribution < 1.29 is 45.4 Å². The predicted octanol–water partition coefficient (Wildman–Crippen LogP) is 5.76. The van der Waals surface area contributed by atoms with E-state index < -0.39 is 46.5 Å². The van der Waals surface area contributed by atoms with Crippen molar-refractivity contribution in [1.82, 2.24) is 0 Å². The minimum absolute atomic E-state index is 0.0577. The molecule has 0 atom stereocenters. The second kappa shape index (κ2) is 9.71. The van der Waals surface area contributed by atoms with Crippen molar-refractivity contribution in [3.8, 4) is 11.1 Å². The number of carbonyl (C=O) groups is 2. The average Bonchev–Trinajstić information content (AvgIpc) is 2.74. The molecule has 0 saturated carbocycles. The number of hydrogen-bond acceptors (Lipinski definition) is 4. The summed E-state index contributed by atoms with van der Waals surface area (Å²) in [5.41, 5.74) is -4.12. The molecule has 0 radical (unpaired) electrons. The van der Waals surface area contributed by atoms with Gasteiger partial charge in [-0.15, -0.1) is 0 Å². The van der Waals surface area contributed by atoms with E-state index in [1.807, 2.05) is 0 Å². The predicted molar refractivity (Wildman–Crippen MR) is 104 cm³/mol. The van der Waals surface area contributed by atoms with Crippen LogP contribution in [-0.2, 0) is 31.4 Å². The molecule has 0 unspecified atom stereocenters. The van der Waals surface area contributed by atoms with Crippen LogP contribution in [0, 0.1) is 0 Å². The number of benzene rings is 2. The second-order valence-corrected chi connectivity index (χ2v) is 6.32. The monoisotopic (exact) mass is 458 g/mol. The minimum atomic E-state index is -4.98. The van der Waals surface area contributed by atoms with E-state index in [0.29, 0.717) is 12.1 Å². The molecule has 0 aliphatic heterocycles. The second-order valence-electron chi connectivity index (χ2n) is 6.32. The molecule has 0 N–H and O–H groups in total. The first-order chi connectivity index (χ1) is 14.9. The Morgan fingerprint density at radius 1 is 0.688 bits per heavy atom. The highest BCUT2D eigenvalue weighted by Crippen LogP contribution is 2.43. The molecule has 0 aliphatic carbocycles. The number of ether oxygens (including phenoxy) is 2. The molecule has 0 amide bonds. The minimum Gasteiger partial charge on any atom is -0.466 e. The summed E-state index contributed by atoms with van der Waals surface area (Å²) in [6.07, 6.45) is -6.07. The first kappa shape index (κ1) is 24.7. The molecule has 0 aromatic heterocycles. The average molecular weight is 458 g/mol. The standard InChI is InChI=1S/C22H16F6O4/c1-31-19(29)9-5-13-3-7-15(17(11-13)21(23,24)25)16-8-4-14(6-10-20(30)32-2)12-18(16)22(26,27)28/h3-12H,1-2H3. The van der Waals surface area contributed by atoms with Gasteiger partial charge in [0, 0.05) is 12.2 Å². The molecule has 10 heteroatoms. The smallest absolute Gasteiger partial charge is 0.417 e. The fraction of sp³-hybridized carbons (Fsp3) is 0.182. The number of esters is 2. The molecular weight excluding hydrogens is 442 g/mol. The van der Waals surface area contributed by atoms with Crippen molar-refractivity contribution >= 4 is 24.1 Å². The lowest BCUT2D eigenvalue weighted by Gasteiger charge is -2.18. The van der Waals surface area contributed by atoms with Gasteiger partial charge in [0.15, 0.2) is 0 Å². The van der Waals surface area contributed by atoms with Gasteiger partial charge >= 0.3 is 24.3 Å². The van der Waals surface area contributed by atoms with E-state index in [1.54, 1.807) is 0 Å². The fourth-order valence-electron chi connectivity index (χ4n) is 2.73. The van der Waals surface area contributed by atoms with Crippen LogP contribution in [0.5, 0.6) is 0 Å². The number of halogens is 6. The largest absolute Gasteiger partial charge is 0.466 e. The Morgan fingerprint density at radius 2 is 1.03 bits per heavy atom. The Hall–Kier alpha value is -3.56. The van der Waals surface area contributed by atoms with Crippen LogP contribution < -0.4 is 0 Å². The van der Waals surface area contributed by atoms with Crippen LogP contribution in [-0.4, -0.2) is 26.2 Å². The van der Waals surface area contributed by atoms with E-state index in [9.17, 15) is 35.9 Å². The summed E-state index contributed by atoms with van der Waals surface area (Å²) >= 11 is 0. The third-order valence-corrected chi connectivity index (χ3v) is 4.21. The quantitative estimate of drug-likeness (QED) is 0.325. The molecule has 0 saturated heterocycles. The van der Waals surface area contributed by atoms with Crippen LogP contribution in [0.15, 0.2) is 48.6 Å². The number of methoxy groups -OCH3 is 2.